The largest absolute Gasteiger partial charge is 0.388 e. The molecule has 104 valence electrons. The van der Waals surface area contributed by atoms with Crippen molar-refractivity contribution in [2.75, 3.05) is 0 Å². The van der Waals surface area contributed by atoms with Gasteiger partial charge >= 0.3 is 0 Å². The summed E-state index contributed by atoms with van der Waals surface area (Å²) in [6.45, 7) is 9.18. The van der Waals surface area contributed by atoms with Gasteiger partial charge in [0.1, 0.15) is 23.0 Å². The van der Waals surface area contributed by atoms with Gasteiger partial charge < -0.3 is 8.17 Å². The van der Waals surface area contributed by atoms with Crippen LogP contribution in [-0.4, -0.2) is 10.7 Å². The monoisotopic (exact) mass is 364 g/mol. The molecule has 0 aliphatic rings. The van der Waals surface area contributed by atoms with Crippen LogP contribution in [0.25, 0.3) is 0 Å². The van der Waals surface area contributed by atoms with Gasteiger partial charge in [-0.15, -0.1) is 6.58 Å². The predicted molar refractivity (Wildman–Crippen MR) is 87.8 cm³/mol. The second-order valence-corrected chi connectivity index (χ2v) is 4.82. The number of aliphatic hydroxyl groups is 1. The maximum absolute atomic E-state index is 9.90. The molecule has 0 aliphatic carbocycles. The first-order valence-corrected chi connectivity index (χ1v) is 6.44. The summed E-state index contributed by atoms with van der Waals surface area (Å²) in [6.07, 6.45) is 1.89. The summed E-state index contributed by atoms with van der Waals surface area (Å²) in [5.74, 6) is 0. The van der Waals surface area contributed by atoms with Gasteiger partial charge in [0.25, 0.3) is 0 Å². The van der Waals surface area contributed by atoms with Crippen molar-refractivity contribution in [3.63, 3.8) is 0 Å². The molecule has 1 aromatic carbocycles. The molecule has 18 heavy (non-hydrogen) atoms. The van der Waals surface area contributed by atoms with Crippen molar-refractivity contribution in [3.8, 4) is 0 Å². The second-order valence-electron chi connectivity index (χ2n) is 4.38. The molecule has 0 aliphatic heterocycles. The molecule has 0 saturated heterocycles. The van der Waals surface area contributed by atoms with Crippen LogP contribution in [0.15, 0.2) is 43.0 Å². The Morgan fingerprint density at radius 3 is 2.22 bits per heavy atom. The second kappa shape index (κ2) is 10.5. The van der Waals surface area contributed by atoms with Gasteiger partial charge in [0, 0.05) is 6.42 Å². The molecule has 3 heteroatoms. The number of benzene rings is 1. The van der Waals surface area contributed by atoms with E-state index in [1.54, 1.807) is 6.08 Å². The molecule has 0 unspecified atom stereocenters. The number of halogens is 1. The van der Waals surface area contributed by atoms with Crippen molar-refractivity contribution in [2.45, 2.75) is 46.3 Å². The standard InChI is InChI=1S/C11H15IO2.C3H6.CH4/c1-11(2,14-12)8-10(13)9-6-4-3-5-7-9;1-3-2;/h3-7,10,13H,8H2,1-2H3;3H,1H2,2H3;1H4/t10-;;/m0../s1. The van der Waals surface area contributed by atoms with Crippen LogP contribution in [0.4, 0.5) is 0 Å². The number of aliphatic hydroxyl groups excluding tert-OH is 1. The zero-order chi connectivity index (χ0) is 13.3. The molecule has 2 nitrogen and oxygen atoms in total. The fourth-order valence-corrected chi connectivity index (χ4v) is 1.47. The Labute approximate surface area is 126 Å². The molecule has 1 atom stereocenters. The third-order valence-electron chi connectivity index (χ3n) is 2.08. The van der Waals surface area contributed by atoms with E-state index in [-0.39, 0.29) is 13.0 Å². The van der Waals surface area contributed by atoms with Gasteiger partial charge in [-0.05, 0) is 26.3 Å². The third-order valence-corrected chi connectivity index (χ3v) is 3.27. The normalized spacial score (nSPS) is 11.6. The van der Waals surface area contributed by atoms with E-state index in [0.29, 0.717) is 6.42 Å². The molecule has 0 aromatic heterocycles. The average Bonchev–Trinajstić information content (AvgIpc) is 2.31. The SMILES string of the molecule is C.C=CC.CC(C)(C[C@H](O)c1ccccc1)OI. The van der Waals surface area contributed by atoms with Crippen LogP contribution in [0, 0.1) is 0 Å². The smallest absolute Gasteiger partial charge is 0.110 e. The molecular formula is C15H25IO2. The topological polar surface area (TPSA) is 29.5 Å². The minimum Gasteiger partial charge on any atom is -0.388 e. The highest BCUT2D eigenvalue weighted by molar-refractivity contribution is 14.1. The fraction of sp³-hybridized carbons (Fsp3) is 0.467. The first-order valence-electron chi connectivity index (χ1n) is 5.56. The highest BCUT2D eigenvalue weighted by Crippen LogP contribution is 2.27. The van der Waals surface area contributed by atoms with Crippen LogP contribution < -0.4 is 0 Å². The summed E-state index contributed by atoms with van der Waals surface area (Å²) in [4.78, 5) is 0. The average molecular weight is 364 g/mol. The lowest BCUT2D eigenvalue weighted by Crippen LogP contribution is -2.23. The molecule has 0 saturated carbocycles. The molecule has 0 amide bonds. The Morgan fingerprint density at radius 1 is 1.39 bits per heavy atom. The summed E-state index contributed by atoms with van der Waals surface area (Å²) >= 11 is 1.87. The molecule has 1 rings (SSSR count). The van der Waals surface area contributed by atoms with Gasteiger partial charge in [-0.2, -0.15) is 0 Å². The predicted octanol–water partition coefficient (Wildman–Crippen LogP) is 5.08. The summed E-state index contributed by atoms with van der Waals surface area (Å²) in [5.41, 5.74) is 0.643. The number of rotatable bonds is 4. The van der Waals surface area contributed by atoms with Crippen LogP contribution in [0.1, 0.15) is 46.3 Å². The summed E-state index contributed by atoms with van der Waals surface area (Å²) < 4.78 is 5.24. The lowest BCUT2D eigenvalue weighted by molar-refractivity contribution is 0.0688. The van der Waals surface area contributed by atoms with E-state index in [1.165, 1.54) is 0 Å². The van der Waals surface area contributed by atoms with Crippen LogP contribution in [0.5, 0.6) is 0 Å². The van der Waals surface area contributed by atoms with E-state index >= 15 is 0 Å². The van der Waals surface area contributed by atoms with E-state index in [0.717, 1.165) is 5.56 Å². The van der Waals surface area contributed by atoms with E-state index in [9.17, 15) is 5.11 Å². The van der Waals surface area contributed by atoms with Crippen LogP contribution in [-0.2, 0) is 3.07 Å². The van der Waals surface area contributed by atoms with Crippen molar-refractivity contribution in [3.05, 3.63) is 48.6 Å². The molecule has 1 N–H and O–H groups in total. The Kier molecular flexibility index (Phi) is 11.7. The Morgan fingerprint density at radius 2 is 1.83 bits per heavy atom. The van der Waals surface area contributed by atoms with E-state index in [4.69, 9.17) is 3.07 Å². The third kappa shape index (κ3) is 8.66. The van der Waals surface area contributed by atoms with Gasteiger partial charge in [0.2, 0.25) is 0 Å². The summed E-state index contributed by atoms with van der Waals surface area (Å²) in [6, 6.07) is 9.64. The quantitative estimate of drug-likeness (QED) is 0.596. The van der Waals surface area contributed by atoms with E-state index < -0.39 is 6.10 Å². The molecule has 0 spiro atoms. The lowest BCUT2D eigenvalue weighted by Gasteiger charge is -2.24. The highest BCUT2D eigenvalue weighted by atomic mass is 127. The zero-order valence-electron chi connectivity index (χ0n) is 10.7. The zero-order valence-corrected chi connectivity index (χ0v) is 12.8. The number of hydrogen-bond acceptors (Lipinski definition) is 2. The molecule has 1 aromatic rings. The lowest BCUT2D eigenvalue weighted by atomic mass is 9.96. The minimum absolute atomic E-state index is 0. The number of hydrogen-bond donors (Lipinski definition) is 1. The maximum Gasteiger partial charge on any atom is 0.110 e. The highest BCUT2D eigenvalue weighted by Gasteiger charge is 2.23. The van der Waals surface area contributed by atoms with Gasteiger partial charge in [-0.3, -0.25) is 0 Å². The Hall–Kier alpha value is -0.390. The maximum atomic E-state index is 9.90. The fourth-order valence-electron chi connectivity index (χ4n) is 1.29. The molecule has 0 bridgehead atoms. The molecular weight excluding hydrogens is 339 g/mol. The first-order chi connectivity index (χ1) is 7.96. The van der Waals surface area contributed by atoms with E-state index in [1.807, 2.05) is 74.1 Å². The first kappa shape index (κ1) is 19.9. The Balaban J connectivity index is 0. The molecule has 0 fully saturated rings. The van der Waals surface area contributed by atoms with Crippen molar-refractivity contribution >= 4 is 23.0 Å². The van der Waals surface area contributed by atoms with Gasteiger partial charge in [-0.25, -0.2) is 0 Å². The molecule has 0 heterocycles. The van der Waals surface area contributed by atoms with Crippen molar-refractivity contribution in [1.29, 1.82) is 0 Å². The van der Waals surface area contributed by atoms with Gasteiger partial charge in [-0.1, -0.05) is 43.8 Å². The Bertz CT molecular complexity index is 310. The van der Waals surface area contributed by atoms with Gasteiger partial charge in [0.15, 0.2) is 0 Å². The van der Waals surface area contributed by atoms with Crippen molar-refractivity contribution in [2.24, 2.45) is 0 Å². The van der Waals surface area contributed by atoms with E-state index in [2.05, 4.69) is 6.58 Å². The van der Waals surface area contributed by atoms with Crippen LogP contribution in [0.3, 0.4) is 0 Å². The summed E-state index contributed by atoms with van der Waals surface area (Å²) in [7, 11) is 0. The van der Waals surface area contributed by atoms with Crippen LogP contribution >= 0.6 is 23.0 Å². The number of allylic oxidation sites excluding steroid dienone is 1. The summed E-state index contributed by atoms with van der Waals surface area (Å²) in [5, 5.41) is 9.90. The van der Waals surface area contributed by atoms with Crippen LogP contribution in [0.2, 0.25) is 0 Å². The molecule has 0 radical (unpaired) electrons. The van der Waals surface area contributed by atoms with Gasteiger partial charge in [0.05, 0.1) is 11.7 Å². The van der Waals surface area contributed by atoms with Crippen molar-refractivity contribution < 1.29 is 8.17 Å². The minimum atomic E-state index is -0.457. The van der Waals surface area contributed by atoms with Crippen molar-refractivity contribution in [1.82, 2.24) is 0 Å².